The molecule has 0 radical (unpaired) electrons. The predicted octanol–water partition coefficient (Wildman–Crippen LogP) is 3.66. The molecule has 3 rings (SSSR count). The van der Waals surface area contributed by atoms with E-state index in [4.69, 9.17) is 4.74 Å². The van der Waals surface area contributed by atoms with Crippen LogP contribution in [0.5, 0.6) is 0 Å². The molecule has 0 spiro atoms. The van der Waals surface area contributed by atoms with E-state index in [1.165, 1.54) is 0 Å². The van der Waals surface area contributed by atoms with Crippen molar-refractivity contribution < 1.29 is 9.53 Å². The van der Waals surface area contributed by atoms with Crippen molar-refractivity contribution in [1.82, 2.24) is 15.1 Å². The van der Waals surface area contributed by atoms with Gasteiger partial charge in [0, 0.05) is 37.7 Å². The number of ether oxygens (including phenoxy) is 1. The Morgan fingerprint density at radius 2 is 1.81 bits per heavy atom. The van der Waals surface area contributed by atoms with Gasteiger partial charge < -0.3 is 15.0 Å². The van der Waals surface area contributed by atoms with E-state index in [9.17, 15) is 4.79 Å². The van der Waals surface area contributed by atoms with Gasteiger partial charge in [0.05, 0.1) is 19.3 Å². The second kappa shape index (κ2) is 9.88. The molecule has 2 amide bonds. The van der Waals surface area contributed by atoms with Crippen LogP contribution in [0, 0.1) is 0 Å². The number of morpholine rings is 1. The minimum atomic E-state index is -0.0694. The van der Waals surface area contributed by atoms with Crippen molar-refractivity contribution in [1.29, 1.82) is 0 Å². The fraction of sp³-hybridized carbons (Fsp3) is 0.381. The van der Waals surface area contributed by atoms with Gasteiger partial charge in [-0.15, -0.1) is 0 Å². The summed E-state index contributed by atoms with van der Waals surface area (Å²) in [5.74, 6) is 0. The molecule has 144 valence electrons. The lowest BCUT2D eigenvalue weighted by Crippen LogP contribution is -2.45. The zero-order valence-corrected chi connectivity index (χ0v) is 17.2. The maximum Gasteiger partial charge on any atom is 0.317 e. The quantitative estimate of drug-likeness (QED) is 0.758. The number of carbonyl (C=O) groups is 1. The molecule has 0 saturated carbocycles. The van der Waals surface area contributed by atoms with Crippen LogP contribution in [0.4, 0.5) is 4.79 Å². The standard InChI is InChI=1S/C21H26BrN3O2/c1-24(15-17-7-9-19(22)10-8-17)21(26)23-20(18-5-3-2-4-6-18)16-25-11-13-27-14-12-25/h2-10,20H,11-16H2,1H3,(H,23,26). The molecule has 1 fully saturated rings. The second-order valence-electron chi connectivity index (χ2n) is 6.81. The summed E-state index contributed by atoms with van der Waals surface area (Å²) in [6, 6.07) is 18.1. The number of benzene rings is 2. The van der Waals surface area contributed by atoms with E-state index in [-0.39, 0.29) is 12.1 Å². The number of rotatable bonds is 6. The normalized spacial score (nSPS) is 15.9. The number of amides is 2. The van der Waals surface area contributed by atoms with E-state index in [1.54, 1.807) is 4.90 Å². The molecule has 1 N–H and O–H groups in total. The average molecular weight is 432 g/mol. The Morgan fingerprint density at radius 3 is 2.48 bits per heavy atom. The molecule has 6 heteroatoms. The molecule has 27 heavy (non-hydrogen) atoms. The zero-order valence-electron chi connectivity index (χ0n) is 15.6. The SMILES string of the molecule is CN(Cc1ccc(Br)cc1)C(=O)NC(CN1CCOCC1)c1ccccc1. The third-order valence-electron chi connectivity index (χ3n) is 4.72. The Balaban J connectivity index is 1.64. The summed E-state index contributed by atoms with van der Waals surface area (Å²) in [5, 5.41) is 3.21. The van der Waals surface area contributed by atoms with Crippen LogP contribution in [-0.4, -0.2) is 55.7 Å². The Kier molecular flexibility index (Phi) is 7.26. The number of urea groups is 1. The van der Waals surface area contributed by atoms with Gasteiger partial charge in [-0.1, -0.05) is 58.4 Å². The van der Waals surface area contributed by atoms with Crippen LogP contribution in [0.25, 0.3) is 0 Å². The summed E-state index contributed by atoms with van der Waals surface area (Å²) in [4.78, 5) is 16.9. The summed E-state index contributed by atoms with van der Waals surface area (Å²) >= 11 is 3.44. The fourth-order valence-corrected chi connectivity index (χ4v) is 3.42. The van der Waals surface area contributed by atoms with Crippen molar-refractivity contribution in [3.63, 3.8) is 0 Å². The van der Waals surface area contributed by atoms with E-state index in [1.807, 2.05) is 49.5 Å². The van der Waals surface area contributed by atoms with Crippen molar-refractivity contribution >= 4 is 22.0 Å². The van der Waals surface area contributed by atoms with Crippen LogP contribution in [0.3, 0.4) is 0 Å². The first-order chi connectivity index (χ1) is 13.1. The molecule has 1 heterocycles. The van der Waals surface area contributed by atoms with Crippen molar-refractivity contribution in [2.24, 2.45) is 0 Å². The van der Waals surface area contributed by atoms with Gasteiger partial charge in [0.1, 0.15) is 0 Å². The summed E-state index contributed by atoms with van der Waals surface area (Å²) in [6.07, 6.45) is 0. The lowest BCUT2D eigenvalue weighted by atomic mass is 10.1. The molecule has 1 saturated heterocycles. The summed E-state index contributed by atoms with van der Waals surface area (Å²) in [5.41, 5.74) is 2.22. The summed E-state index contributed by atoms with van der Waals surface area (Å²) in [6.45, 7) is 4.64. The highest BCUT2D eigenvalue weighted by Gasteiger charge is 2.21. The molecular weight excluding hydrogens is 406 g/mol. The van der Waals surface area contributed by atoms with Crippen LogP contribution in [0.1, 0.15) is 17.2 Å². The van der Waals surface area contributed by atoms with Gasteiger partial charge in [-0.05, 0) is 23.3 Å². The molecule has 0 aliphatic carbocycles. The van der Waals surface area contributed by atoms with E-state index in [0.717, 1.165) is 48.4 Å². The minimum Gasteiger partial charge on any atom is -0.379 e. The van der Waals surface area contributed by atoms with Gasteiger partial charge in [-0.25, -0.2) is 4.79 Å². The van der Waals surface area contributed by atoms with Crippen molar-refractivity contribution in [3.05, 3.63) is 70.2 Å². The largest absolute Gasteiger partial charge is 0.379 e. The van der Waals surface area contributed by atoms with Crippen LogP contribution in [0.2, 0.25) is 0 Å². The number of nitrogens with zero attached hydrogens (tertiary/aromatic N) is 2. The van der Waals surface area contributed by atoms with E-state index in [0.29, 0.717) is 6.54 Å². The topological polar surface area (TPSA) is 44.8 Å². The maximum absolute atomic E-state index is 12.8. The first-order valence-corrected chi connectivity index (χ1v) is 10.0. The third kappa shape index (κ3) is 6.06. The smallest absolute Gasteiger partial charge is 0.317 e. The molecule has 5 nitrogen and oxygen atoms in total. The molecule has 1 aliphatic rings. The Bertz CT molecular complexity index is 718. The summed E-state index contributed by atoms with van der Waals surface area (Å²) in [7, 11) is 1.83. The predicted molar refractivity (Wildman–Crippen MR) is 111 cm³/mol. The molecule has 1 atom stereocenters. The number of hydrogen-bond donors (Lipinski definition) is 1. The van der Waals surface area contributed by atoms with Crippen LogP contribution in [0.15, 0.2) is 59.1 Å². The highest BCUT2D eigenvalue weighted by atomic mass is 79.9. The lowest BCUT2D eigenvalue weighted by Gasteiger charge is -2.32. The molecule has 2 aromatic rings. The average Bonchev–Trinajstić information content (AvgIpc) is 2.70. The highest BCUT2D eigenvalue weighted by molar-refractivity contribution is 9.10. The zero-order chi connectivity index (χ0) is 19.1. The first-order valence-electron chi connectivity index (χ1n) is 9.23. The number of nitrogens with one attached hydrogen (secondary N) is 1. The lowest BCUT2D eigenvalue weighted by molar-refractivity contribution is 0.0337. The van der Waals surface area contributed by atoms with Crippen molar-refractivity contribution in [2.75, 3.05) is 39.9 Å². The van der Waals surface area contributed by atoms with Crippen molar-refractivity contribution in [3.8, 4) is 0 Å². The van der Waals surface area contributed by atoms with Gasteiger partial charge >= 0.3 is 6.03 Å². The highest BCUT2D eigenvalue weighted by Crippen LogP contribution is 2.17. The first kappa shape index (κ1) is 19.9. The van der Waals surface area contributed by atoms with Crippen molar-refractivity contribution in [2.45, 2.75) is 12.6 Å². The number of carbonyl (C=O) groups excluding carboxylic acids is 1. The Morgan fingerprint density at radius 1 is 1.15 bits per heavy atom. The number of hydrogen-bond acceptors (Lipinski definition) is 3. The Labute approximate surface area is 169 Å². The van der Waals surface area contributed by atoms with Gasteiger partial charge in [-0.2, -0.15) is 0 Å². The fourth-order valence-electron chi connectivity index (χ4n) is 3.16. The molecule has 1 unspecified atom stereocenters. The van der Waals surface area contributed by atoms with Crippen LogP contribution in [-0.2, 0) is 11.3 Å². The summed E-state index contributed by atoms with van der Waals surface area (Å²) < 4.78 is 6.48. The minimum absolute atomic E-state index is 0.0517. The van der Waals surface area contributed by atoms with Gasteiger partial charge in [0.15, 0.2) is 0 Å². The third-order valence-corrected chi connectivity index (χ3v) is 5.25. The van der Waals surface area contributed by atoms with Gasteiger partial charge in [0.2, 0.25) is 0 Å². The van der Waals surface area contributed by atoms with E-state index in [2.05, 4.69) is 38.3 Å². The molecule has 0 aromatic heterocycles. The Hall–Kier alpha value is -1.89. The monoisotopic (exact) mass is 431 g/mol. The molecular formula is C21H26BrN3O2. The molecule has 1 aliphatic heterocycles. The molecule has 0 bridgehead atoms. The van der Waals surface area contributed by atoms with Crippen LogP contribution >= 0.6 is 15.9 Å². The molecule has 2 aromatic carbocycles. The van der Waals surface area contributed by atoms with E-state index >= 15 is 0 Å². The second-order valence-corrected chi connectivity index (χ2v) is 7.72. The maximum atomic E-state index is 12.8. The number of halogens is 1. The van der Waals surface area contributed by atoms with Crippen LogP contribution < -0.4 is 5.32 Å². The van der Waals surface area contributed by atoms with Gasteiger partial charge in [-0.3, -0.25) is 4.90 Å². The van der Waals surface area contributed by atoms with E-state index < -0.39 is 0 Å². The van der Waals surface area contributed by atoms with Gasteiger partial charge in [0.25, 0.3) is 0 Å².